The van der Waals surface area contributed by atoms with Crippen molar-refractivity contribution in [2.24, 2.45) is 5.73 Å². The first-order valence-corrected chi connectivity index (χ1v) is 4.04. The zero-order chi connectivity index (χ0) is 8.97. The molecule has 0 aromatic carbocycles. The van der Waals surface area contributed by atoms with Gasteiger partial charge in [0.2, 0.25) is 0 Å². The Labute approximate surface area is 71.4 Å². The van der Waals surface area contributed by atoms with Crippen LogP contribution in [0.5, 0.6) is 0 Å². The van der Waals surface area contributed by atoms with Crippen molar-refractivity contribution in [1.82, 2.24) is 9.78 Å². The number of carbonyl (C=O) groups excluding carboxylic acids is 1. The number of hydrogen-bond donors (Lipinski definition) is 1. The molecule has 4 nitrogen and oxygen atoms in total. The minimum absolute atomic E-state index is 0.0510. The Kier molecular flexibility index (Phi) is 2.99. The summed E-state index contributed by atoms with van der Waals surface area (Å²) in [4.78, 5) is 11.2. The van der Waals surface area contributed by atoms with Crippen molar-refractivity contribution in [1.29, 1.82) is 0 Å². The Morgan fingerprint density at radius 1 is 1.75 bits per heavy atom. The molecule has 0 atom stereocenters. The minimum Gasteiger partial charge on any atom is -0.324 e. The van der Waals surface area contributed by atoms with Crippen molar-refractivity contribution < 1.29 is 4.79 Å². The lowest BCUT2D eigenvalue weighted by atomic mass is 10.3. The van der Waals surface area contributed by atoms with E-state index in [0.29, 0.717) is 5.69 Å². The molecule has 0 radical (unpaired) electrons. The molecule has 0 fully saturated rings. The van der Waals surface area contributed by atoms with E-state index < -0.39 is 0 Å². The van der Waals surface area contributed by atoms with Crippen molar-refractivity contribution in [3.05, 3.63) is 18.0 Å². The lowest BCUT2D eigenvalue weighted by Gasteiger charge is -2.02. The highest BCUT2D eigenvalue weighted by Crippen LogP contribution is 2.00. The predicted octanol–water partition coefficient (Wildman–Crippen LogP) is 0.435. The summed E-state index contributed by atoms with van der Waals surface area (Å²) in [5, 5.41) is 4.02. The molecular formula is C8H13N3O. The molecule has 0 aliphatic rings. The van der Waals surface area contributed by atoms with Gasteiger partial charge in [-0.2, -0.15) is 5.10 Å². The molecule has 0 unspecified atom stereocenters. The predicted molar refractivity (Wildman–Crippen MR) is 45.9 cm³/mol. The Morgan fingerprint density at radius 3 is 3.08 bits per heavy atom. The van der Waals surface area contributed by atoms with Crippen LogP contribution < -0.4 is 5.73 Å². The maximum Gasteiger partial charge on any atom is 0.194 e. The molecule has 4 heteroatoms. The average Bonchev–Trinajstić information content (AvgIpc) is 2.52. The third-order valence-electron chi connectivity index (χ3n) is 1.62. The molecule has 1 aromatic heterocycles. The molecule has 0 amide bonds. The minimum atomic E-state index is -0.0547. The first-order chi connectivity index (χ1) is 5.79. The van der Waals surface area contributed by atoms with E-state index >= 15 is 0 Å². The highest BCUT2D eigenvalue weighted by molar-refractivity contribution is 5.95. The lowest BCUT2D eigenvalue weighted by Crippen LogP contribution is -2.18. The van der Waals surface area contributed by atoms with Crippen LogP contribution in [0, 0.1) is 0 Å². The zero-order valence-electron chi connectivity index (χ0n) is 7.16. The Balaban J connectivity index is 2.83. The van der Waals surface area contributed by atoms with Gasteiger partial charge in [-0.15, -0.1) is 0 Å². The van der Waals surface area contributed by atoms with Gasteiger partial charge in [-0.3, -0.25) is 9.48 Å². The number of aromatic nitrogens is 2. The SMILES string of the molecule is CCCn1nccc1C(=O)CN. The smallest absolute Gasteiger partial charge is 0.194 e. The third kappa shape index (κ3) is 1.71. The van der Waals surface area contributed by atoms with Gasteiger partial charge in [0.15, 0.2) is 5.78 Å². The fourth-order valence-corrected chi connectivity index (χ4v) is 1.06. The fraction of sp³-hybridized carbons (Fsp3) is 0.500. The Hall–Kier alpha value is -1.16. The van der Waals surface area contributed by atoms with Crippen LogP contribution in [0.3, 0.4) is 0 Å². The molecule has 0 bridgehead atoms. The molecular weight excluding hydrogens is 154 g/mol. The molecule has 1 aromatic rings. The van der Waals surface area contributed by atoms with E-state index in [1.54, 1.807) is 16.9 Å². The van der Waals surface area contributed by atoms with Gasteiger partial charge in [-0.05, 0) is 12.5 Å². The lowest BCUT2D eigenvalue weighted by molar-refractivity contribution is 0.0991. The van der Waals surface area contributed by atoms with Crippen molar-refractivity contribution in [3.8, 4) is 0 Å². The van der Waals surface area contributed by atoms with Crippen LogP contribution in [0.15, 0.2) is 12.3 Å². The molecule has 1 heterocycles. The maximum absolute atomic E-state index is 11.2. The van der Waals surface area contributed by atoms with E-state index in [1.165, 1.54) is 0 Å². The zero-order valence-corrected chi connectivity index (χ0v) is 7.16. The number of hydrogen-bond acceptors (Lipinski definition) is 3. The van der Waals surface area contributed by atoms with Gasteiger partial charge in [0.05, 0.1) is 6.54 Å². The van der Waals surface area contributed by atoms with Crippen molar-refractivity contribution in [2.75, 3.05) is 6.54 Å². The number of Topliss-reactive ketones (excluding diaryl/α,β-unsaturated/α-hetero) is 1. The van der Waals surface area contributed by atoms with Gasteiger partial charge in [0.1, 0.15) is 5.69 Å². The second-order valence-electron chi connectivity index (χ2n) is 2.57. The van der Waals surface area contributed by atoms with E-state index in [0.717, 1.165) is 13.0 Å². The van der Waals surface area contributed by atoms with Crippen LogP contribution in [0.25, 0.3) is 0 Å². The average molecular weight is 167 g/mol. The summed E-state index contributed by atoms with van der Waals surface area (Å²) in [5.41, 5.74) is 5.85. The van der Waals surface area contributed by atoms with Crippen LogP contribution in [0.4, 0.5) is 0 Å². The molecule has 66 valence electrons. The Bertz CT molecular complexity index is 267. The van der Waals surface area contributed by atoms with E-state index in [2.05, 4.69) is 5.10 Å². The second-order valence-corrected chi connectivity index (χ2v) is 2.57. The largest absolute Gasteiger partial charge is 0.324 e. The molecule has 0 aliphatic heterocycles. The number of nitrogens with zero attached hydrogens (tertiary/aromatic N) is 2. The molecule has 1 rings (SSSR count). The first kappa shape index (κ1) is 8.93. The molecule has 0 aliphatic carbocycles. The monoisotopic (exact) mass is 167 g/mol. The number of nitrogens with two attached hydrogens (primary N) is 1. The van der Waals surface area contributed by atoms with Crippen molar-refractivity contribution in [2.45, 2.75) is 19.9 Å². The van der Waals surface area contributed by atoms with Crippen LogP contribution in [0.2, 0.25) is 0 Å². The summed E-state index contributed by atoms with van der Waals surface area (Å²) in [5.74, 6) is -0.0547. The van der Waals surface area contributed by atoms with Crippen molar-refractivity contribution >= 4 is 5.78 Å². The van der Waals surface area contributed by atoms with Crippen molar-refractivity contribution in [3.63, 3.8) is 0 Å². The van der Waals surface area contributed by atoms with Crippen LogP contribution >= 0.6 is 0 Å². The van der Waals surface area contributed by atoms with Crippen LogP contribution in [-0.4, -0.2) is 22.1 Å². The summed E-state index contributed by atoms with van der Waals surface area (Å²) >= 11 is 0. The molecule has 0 saturated carbocycles. The topological polar surface area (TPSA) is 60.9 Å². The van der Waals surface area contributed by atoms with Gasteiger partial charge >= 0.3 is 0 Å². The maximum atomic E-state index is 11.2. The number of rotatable bonds is 4. The number of ketones is 1. The van der Waals surface area contributed by atoms with E-state index in [1.807, 2.05) is 6.92 Å². The van der Waals surface area contributed by atoms with E-state index in [4.69, 9.17) is 5.73 Å². The molecule has 2 N–H and O–H groups in total. The quantitative estimate of drug-likeness (QED) is 0.662. The summed E-state index contributed by atoms with van der Waals surface area (Å²) in [7, 11) is 0. The third-order valence-corrected chi connectivity index (χ3v) is 1.62. The Morgan fingerprint density at radius 2 is 2.50 bits per heavy atom. The second kappa shape index (κ2) is 4.01. The normalized spacial score (nSPS) is 10.2. The van der Waals surface area contributed by atoms with E-state index in [-0.39, 0.29) is 12.3 Å². The summed E-state index contributed by atoms with van der Waals surface area (Å²) < 4.78 is 1.69. The molecule has 0 saturated heterocycles. The highest BCUT2D eigenvalue weighted by Gasteiger charge is 2.08. The van der Waals surface area contributed by atoms with Gasteiger partial charge in [0.25, 0.3) is 0 Å². The van der Waals surface area contributed by atoms with Crippen LogP contribution in [0.1, 0.15) is 23.8 Å². The number of aryl methyl sites for hydroxylation is 1. The molecule has 0 spiro atoms. The van der Waals surface area contributed by atoms with Crippen LogP contribution in [-0.2, 0) is 6.54 Å². The van der Waals surface area contributed by atoms with Gasteiger partial charge in [-0.1, -0.05) is 6.92 Å². The fourth-order valence-electron chi connectivity index (χ4n) is 1.06. The van der Waals surface area contributed by atoms with E-state index in [9.17, 15) is 4.79 Å². The standard InChI is InChI=1S/C8H13N3O/c1-2-5-11-7(3-4-10-11)8(12)6-9/h3-4H,2,5-6,9H2,1H3. The summed E-state index contributed by atoms with van der Waals surface area (Å²) in [6.45, 7) is 2.86. The van der Waals surface area contributed by atoms with Gasteiger partial charge < -0.3 is 5.73 Å². The number of carbonyl (C=O) groups is 1. The van der Waals surface area contributed by atoms with Gasteiger partial charge in [0, 0.05) is 12.7 Å². The first-order valence-electron chi connectivity index (χ1n) is 4.04. The summed E-state index contributed by atoms with van der Waals surface area (Å²) in [6, 6.07) is 1.70. The summed E-state index contributed by atoms with van der Waals surface area (Å²) in [6.07, 6.45) is 2.59. The molecule has 12 heavy (non-hydrogen) atoms. The van der Waals surface area contributed by atoms with Gasteiger partial charge in [-0.25, -0.2) is 0 Å². The highest BCUT2D eigenvalue weighted by atomic mass is 16.1.